The molecular weight excluding hydrogens is 674 g/mol. The van der Waals surface area contributed by atoms with Crippen molar-refractivity contribution >= 4 is 22.6 Å². The van der Waals surface area contributed by atoms with Crippen molar-refractivity contribution in [2.75, 3.05) is 28.4 Å². The number of phenolic OH excluding ortho intramolecular Hbond substituents is 1. The first-order chi connectivity index (χ1) is 24.8. The van der Waals surface area contributed by atoms with E-state index in [0.717, 1.165) is 4.57 Å². The van der Waals surface area contributed by atoms with Crippen molar-refractivity contribution < 1.29 is 33.6 Å². The van der Waals surface area contributed by atoms with E-state index in [-0.39, 0.29) is 60.3 Å². The number of aryl methyl sites for hydroxylation is 2. The third-order valence-corrected chi connectivity index (χ3v) is 11.0. The predicted molar refractivity (Wildman–Crippen MR) is 188 cm³/mol. The smallest absolute Gasteiger partial charge is 0.347 e. The van der Waals surface area contributed by atoms with Gasteiger partial charge in [-0.3, -0.25) is 14.4 Å². The normalized spacial score (nSPS) is 22.2. The van der Waals surface area contributed by atoms with E-state index in [1.54, 1.807) is 45.2 Å². The lowest BCUT2D eigenvalue weighted by Gasteiger charge is -2.52. The van der Waals surface area contributed by atoms with Crippen molar-refractivity contribution in [3.05, 3.63) is 90.1 Å². The number of benzene rings is 2. The van der Waals surface area contributed by atoms with Gasteiger partial charge in [0.05, 0.1) is 57.5 Å². The summed E-state index contributed by atoms with van der Waals surface area (Å²) in [5.74, 6) is -1.12. The first kappa shape index (κ1) is 34.6. The summed E-state index contributed by atoms with van der Waals surface area (Å²) in [7, 11) is 7.46. The molecule has 7 rings (SSSR count). The summed E-state index contributed by atoms with van der Waals surface area (Å²) in [6.45, 7) is 3.15. The van der Waals surface area contributed by atoms with E-state index in [0.29, 0.717) is 39.4 Å². The molecule has 0 saturated heterocycles. The topological polar surface area (TPSA) is 175 Å². The highest BCUT2D eigenvalue weighted by Gasteiger charge is 2.60. The number of phenols is 1. The number of methoxy groups -OCH3 is 4. The number of nitrogens with zero attached hydrogens (tertiary/aromatic N) is 5. The Morgan fingerprint density at radius 2 is 1.62 bits per heavy atom. The van der Waals surface area contributed by atoms with E-state index in [4.69, 9.17) is 18.9 Å². The molecule has 0 spiro atoms. The SMILES string of the molecule is COc1cc(O)c([C@H]2C3=CCn4c(=O)n(CCc5nc6cc(OC)c(OC)cc6n(C)c5=O)c(=O)n4[C@@H]3C[C@H]3C(=O)C=C(C)C(=O)[C@@]23C)c(OC)c1. The van der Waals surface area contributed by atoms with E-state index in [2.05, 4.69) is 4.98 Å². The van der Waals surface area contributed by atoms with E-state index in [1.165, 1.54) is 54.5 Å². The molecule has 1 aliphatic heterocycles. The van der Waals surface area contributed by atoms with Crippen LogP contribution in [-0.2, 0) is 36.1 Å². The molecule has 3 heterocycles. The molecule has 1 saturated carbocycles. The highest BCUT2D eigenvalue weighted by molar-refractivity contribution is 6.13. The van der Waals surface area contributed by atoms with Gasteiger partial charge >= 0.3 is 11.4 Å². The van der Waals surface area contributed by atoms with Gasteiger partial charge in [0, 0.05) is 61.7 Å². The Morgan fingerprint density at radius 1 is 0.923 bits per heavy atom. The van der Waals surface area contributed by atoms with Crippen LogP contribution in [-0.4, -0.2) is 68.6 Å². The zero-order valence-electron chi connectivity index (χ0n) is 29.9. The molecular formula is C37H39N5O10. The number of hydrogen-bond donors (Lipinski definition) is 1. The van der Waals surface area contributed by atoms with Crippen LogP contribution in [0.1, 0.15) is 43.5 Å². The largest absolute Gasteiger partial charge is 0.507 e. The molecule has 1 N–H and O–H groups in total. The zero-order chi connectivity index (χ0) is 37.4. The van der Waals surface area contributed by atoms with Crippen LogP contribution in [0.15, 0.2) is 61.9 Å². The maximum atomic E-state index is 14.3. The summed E-state index contributed by atoms with van der Waals surface area (Å²) in [5.41, 5.74) is -0.685. The van der Waals surface area contributed by atoms with Gasteiger partial charge in [0.1, 0.15) is 22.9 Å². The lowest BCUT2D eigenvalue weighted by atomic mass is 9.50. The third-order valence-electron chi connectivity index (χ3n) is 11.0. The second-order valence-corrected chi connectivity index (χ2v) is 13.6. The molecule has 3 aliphatic rings. The summed E-state index contributed by atoms with van der Waals surface area (Å²) < 4.78 is 27.0. The zero-order valence-corrected chi connectivity index (χ0v) is 29.9. The number of ether oxygens (including phenoxy) is 4. The molecule has 1 fully saturated rings. The van der Waals surface area contributed by atoms with Crippen molar-refractivity contribution in [3.8, 4) is 28.7 Å². The van der Waals surface area contributed by atoms with Crippen molar-refractivity contribution in [2.45, 2.75) is 51.7 Å². The minimum atomic E-state index is -1.35. The number of fused-ring (bicyclic) bond motifs is 5. The Labute approximate surface area is 296 Å². The van der Waals surface area contributed by atoms with Crippen molar-refractivity contribution in [1.82, 2.24) is 23.5 Å². The number of carbonyl (C=O) groups is 2. The molecule has 272 valence electrons. The Kier molecular flexibility index (Phi) is 8.26. The first-order valence-electron chi connectivity index (χ1n) is 16.8. The molecule has 2 aromatic heterocycles. The lowest BCUT2D eigenvalue weighted by molar-refractivity contribution is -0.139. The second-order valence-electron chi connectivity index (χ2n) is 13.6. The van der Waals surface area contributed by atoms with Gasteiger partial charge < -0.3 is 28.6 Å². The molecule has 0 unspecified atom stereocenters. The third kappa shape index (κ3) is 4.85. The molecule has 2 aromatic carbocycles. The molecule has 4 aromatic rings. The van der Waals surface area contributed by atoms with Crippen molar-refractivity contribution in [3.63, 3.8) is 0 Å². The van der Waals surface area contributed by atoms with Gasteiger partial charge in [-0.15, -0.1) is 0 Å². The molecule has 4 atom stereocenters. The highest BCUT2D eigenvalue weighted by Crippen LogP contribution is 2.62. The minimum Gasteiger partial charge on any atom is -0.507 e. The fraction of sp³-hybridized carbons (Fsp3) is 0.405. The van der Waals surface area contributed by atoms with E-state index in [9.17, 15) is 29.1 Å². The Hall–Kier alpha value is -5.86. The number of aromatic hydroxyl groups is 1. The van der Waals surface area contributed by atoms with Crippen LogP contribution in [0, 0.1) is 11.3 Å². The van der Waals surface area contributed by atoms with Crippen LogP contribution in [0.25, 0.3) is 11.0 Å². The van der Waals surface area contributed by atoms with Gasteiger partial charge in [0.25, 0.3) is 5.56 Å². The van der Waals surface area contributed by atoms with Crippen molar-refractivity contribution in [2.24, 2.45) is 18.4 Å². The van der Waals surface area contributed by atoms with Crippen LogP contribution >= 0.6 is 0 Å². The summed E-state index contributed by atoms with van der Waals surface area (Å²) in [6.07, 6.45) is 3.16. The van der Waals surface area contributed by atoms with E-state index < -0.39 is 40.2 Å². The van der Waals surface area contributed by atoms with Crippen LogP contribution in [0.4, 0.5) is 0 Å². The minimum absolute atomic E-state index is 0.0159. The highest BCUT2D eigenvalue weighted by atomic mass is 16.5. The first-order valence-corrected chi connectivity index (χ1v) is 16.8. The maximum absolute atomic E-state index is 14.3. The fourth-order valence-corrected chi connectivity index (χ4v) is 8.46. The maximum Gasteiger partial charge on any atom is 0.347 e. The number of rotatable bonds is 8. The molecule has 0 amide bonds. The Morgan fingerprint density at radius 3 is 2.29 bits per heavy atom. The average Bonchev–Trinajstić information content (AvgIpc) is 3.38. The number of ketones is 2. The number of aromatic nitrogens is 5. The van der Waals surface area contributed by atoms with E-state index in [1.807, 2.05) is 0 Å². The molecule has 0 bridgehead atoms. The number of allylic oxidation sites excluding steroid dienone is 4. The number of carbonyl (C=O) groups excluding carboxylic acids is 2. The van der Waals surface area contributed by atoms with Gasteiger partial charge in [0.2, 0.25) is 0 Å². The van der Waals surface area contributed by atoms with Gasteiger partial charge in [-0.1, -0.05) is 13.0 Å². The molecule has 15 heteroatoms. The Balaban J connectivity index is 1.33. The molecule has 52 heavy (non-hydrogen) atoms. The van der Waals surface area contributed by atoms with E-state index >= 15 is 0 Å². The number of Topliss-reactive ketones (excluding diaryl/α,β-unsaturated/α-hetero) is 1. The summed E-state index contributed by atoms with van der Waals surface area (Å²) in [4.78, 5) is 74.0. The van der Waals surface area contributed by atoms with Gasteiger partial charge in [-0.2, -0.15) is 0 Å². The van der Waals surface area contributed by atoms with Gasteiger partial charge in [-0.25, -0.2) is 28.5 Å². The molecule has 2 aliphatic carbocycles. The van der Waals surface area contributed by atoms with Crippen molar-refractivity contribution in [1.29, 1.82) is 0 Å². The quantitative estimate of drug-likeness (QED) is 0.266. The summed E-state index contributed by atoms with van der Waals surface area (Å²) in [5, 5.41) is 11.5. The average molecular weight is 714 g/mol. The second kappa shape index (κ2) is 12.4. The predicted octanol–water partition coefficient (Wildman–Crippen LogP) is 2.43. The monoisotopic (exact) mass is 713 g/mol. The molecule has 15 nitrogen and oxygen atoms in total. The molecule has 0 radical (unpaired) electrons. The lowest BCUT2D eigenvalue weighted by Crippen LogP contribution is -2.54. The Bertz CT molecular complexity index is 2450. The van der Waals surface area contributed by atoms with Gasteiger partial charge in [-0.05, 0) is 30.6 Å². The van der Waals surface area contributed by atoms with Crippen LogP contribution in [0.2, 0.25) is 0 Å². The fourth-order valence-electron chi connectivity index (χ4n) is 8.46. The van der Waals surface area contributed by atoms with Gasteiger partial charge in [0.15, 0.2) is 23.1 Å². The van der Waals surface area contributed by atoms with Crippen LogP contribution in [0.5, 0.6) is 28.7 Å². The van der Waals surface area contributed by atoms with Crippen LogP contribution in [0.3, 0.4) is 0 Å². The van der Waals surface area contributed by atoms with Crippen LogP contribution < -0.4 is 35.9 Å². The summed E-state index contributed by atoms with van der Waals surface area (Å²) >= 11 is 0. The summed E-state index contributed by atoms with van der Waals surface area (Å²) in [6, 6.07) is 5.49. The number of hydrogen-bond acceptors (Lipinski definition) is 11. The standard InChI is InChI=1S/C37H39N5O10/c1-18-12-26(43)21-15-24-20(32(37(21,2)33(18)45)31-27(44)13-19(49-4)14-30(31)52-7)8-11-41-35(47)40(36(48)42(24)41)10-9-22-34(46)39(3)25-17-29(51-6)28(50-5)16-23(25)38-22/h8,12-14,16-17,21,24,32,44H,9-11,15H2,1-7H3/t21-,24+,32+,37+/m0/s1.